The Balaban J connectivity index is 1.14. The summed E-state index contributed by atoms with van der Waals surface area (Å²) < 4.78 is 0. The van der Waals surface area contributed by atoms with Crippen LogP contribution in [0.25, 0.3) is 32.8 Å². The lowest BCUT2D eigenvalue weighted by molar-refractivity contribution is 0.878. The monoisotopic (exact) mass is 666 g/mol. The summed E-state index contributed by atoms with van der Waals surface area (Å²) in [4.78, 5) is 9.98. The van der Waals surface area contributed by atoms with Crippen LogP contribution in [-0.4, -0.2) is 11.7 Å². The number of rotatable bonds is 6. The number of fused-ring (bicyclic) bond motifs is 3. The predicted molar refractivity (Wildman–Crippen MR) is 212 cm³/mol. The second-order valence-electron chi connectivity index (χ2n) is 12.9. The first kappa shape index (κ1) is 31.0. The van der Waals surface area contributed by atoms with Gasteiger partial charge < -0.3 is 15.6 Å². The SMILES string of the molecule is N#Cc1ccc(C2C=C(c3ccccc3)c3c(cc(-c4ccc(C5=NC(c6ccccc6)[N-]C(c6ccccc6)=N5)cc4)c4ccccc34)N2)cc1. The topological polar surface area (TPSA) is 74.6 Å². The van der Waals surface area contributed by atoms with Gasteiger partial charge in [0.25, 0.3) is 0 Å². The average molecular weight is 667 g/mol. The van der Waals surface area contributed by atoms with Crippen molar-refractivity contribution in [2.75, 3.05) is 5.32 Å². The second-order valence-corrected chi connectivity index (χ2v) is 12.9. The van der Waals surface area contributed by atoms with Gasteiger partial charge >= 0.3 is 0 Å². The molecule has 52 heavy (non-hydrogen) atoms. The van der Waals surface area contributed by atoms with Crippen molar-refractivity contribution in [3.63, 3.8) is 0 Å². The Morgan fingerprint density at radius 1 is 0.577 bits per heavy atom. The molecule has 5 heteroatoms. The van der Waals surface area contributed by atoms with Crippen molar-refractivity contribution < 1.29 is 0 Å². The second kappa shape index (κ2) is 13.4. The molecule has 2 aliphatic heterocycles. The molecule has 0 radical (unpaired) electrons. The average Bonchev–Trinajstić information content (AvgIpc) is 3.24. The minimum atomic E-state index is -0.379. The molecule has 0 bridgehead atoms. The Hall–Kier alpha value is -7.03. The normalized spacial score (nSPS) is 16.3. The zero-order valence-electron chi connectivity index (χ0n) is 28.2. The van der Waals surface area contributed by atoms with E-state index < -0.39 is 0 Å². The Kier molecular flexibility index (Phi) is 7.96. The molecule has 2 aliphatic rings. The first-order chi connectivity index (χ1) is 25.7. The van der Waals surface area contributed by atoms with Crippen molar-refractivity contribution in [2.24, 2.45) is 9.98 Å². The summed E-state index contributed by atoms with van der Waals surface area (Å²) >= 11 is 0. The molecule has 7 aromatic rings. The third-order valence-corrected chi connectivity index (χ3v) is 9.73. The minimum Gasteiger partial charge on any atom is -0.438 e. The molecule has 0 saturated carbocycles. The van der Waals surface area contributed by atoms with Crippen LogP contribution in [0.15, 0.2) is 186 Å². The summed E-state index contributed by atoms with van der Waals surface area (Å²) in [5.74, 6) is 1.34. The molecule has 5 nitrogen and oxygen atoms in total. The Bertz CT molecular complexity index is 2550. The molecule has 0 spiro atoms. The maximum absolute atomic E-state index is 9.41. The lowest BCUT2D eigenvalue weighted by Gasteiger charge is -2.32. The van der Waals surface area contributed by atoms with Crippen LogP contribution in [0.1, 0.15) is 51.2 Å². The van der Waals surface area contributed by atoms with Gasteiger partial charge in [0, 0.05) is 11.3 Å². The zero-order chi connectivity index (χ0) is 34.9. The highest BCUT2D eigenvalue weighted by Gasteiger charge is 2.25. The van der Waals surface area contributed by atoms with Crippen LogP contribution in [0.5, 0.6) is 0 Å². The molecule has 0 amide bonds. The summed E-state index contributed by atoms with van der Waals surface area (Å²) in [5, 5.41) is 20.6. The fourth-order valence-corrected chi connectivity index (χ4v) is 7.14. The van der Waals surface area contributed by atoms with E-state index in [0.29, 0.717) is 17.2 Å². The zero-order valence-corrected chi connectivity index (χ0v) is 28.2. The molecule has 246 valence electrons. The quantitative estimate of drug-likeness (QED) is 0.192. The molecule has 2 atom stereocenters. The molecule has 7 aromatic carbocycles. The van der Waals surface area contributed by atoms with Gasteiger partial charge in [0.15, 0.2) is 0 Å². The van der Waals surface area contributed by atoms with Gasteiger partial charge in [0.05, 0.1) is 29.7 Å². The van der Waals surface area contributed by atoms with Crippen LogP contribution < -0.4 is 5.32 Å². The lowest BCUT2D eigenvalue weighted by Crippen LogP contribution is -2.16. The van der Waals surface area contributed by atoms with Gasteiger partial charge in [-0.05, 0) is 79.6 Å². The van der Waals surface area contributed by atoms with Gasteiger partial charge in [0.1, 0.15) is 0 Å². The van der Waals surface area contributed by atoms with Crippen molar-refractivity contribution in [3.05, 3.63) is 220 Å². The van der Waals surface area contributed by atoms with Crippen LogP contribution in [0, 0.1) is 11.3 Å². The highest BCUT2D eigenvalue weighted by molar-refractivity contribution is 6.19. The maximum atomic E-state index is 9.41. The number of anilines is 1. The highest BCUT2D eigenvalue weighted by Crippen LogP contribution is 2.46. The van der Waals surface area contributed by atoms with E-state index in [0.717, 1.165) is 44.6 Å². The predicted octanol–water partition coefficient (Wildman–Crippen LogP) is 11.3. The molecule has 0 saturated heterocycles. The standard InChI is InChI=1S/C47H32N5/c48-30-31-20-22-34(23-21-31)42-29-41(32-12-4-1-5-13-32)44-39-19-11-10-18-38(39)40(28-43(44)49-42)33-24-26-37(27-25-33)47-51-45(35-14-6-2-7-15-35)50-46(52-47)36-16-8-3-9-17-36/h1-29,42,45,49H/q-1. The Morgan fingerprint density at radius 2 is 1.19 bits per heavy atom. The summed E-state index contributed by atoms with van der Waals surface area (Å²) in [5.41, 5.74) is 11.5. The van der Waals surface area contributed by atoms with Crippen molar-refractivity contribution >= 4 is 33.7 Å². The number of nitrogens with one attached hydrogen (secondary N) is 1. The number of hydrogen-bond donors (Lipinski definition) is 1. The van der Waals surface area contributed by atoms with Gasteiger partial charge in [-0.25, -0.2) is 0 Å². The Labute approximate surface area is 303 Å². The van der Waals surface area contributed by atoms with E-state index in [1.165, 1.54) is 21.9 Å². The van der Waals surface area contributed by atoms with E-state index in [-0.39, 0.29) is 12.2 Å². The van der Waals surface area contributed by atoms with Gasteiger partial charge in [-0.2, -0.15) is 5.26 Å². The molecule has 0 fully saturated rings. The molecule has 1 N–H and O–H groups in total. The lowest BCUT2D eigenvalue weighted by atomic mass is 9.84. The fraction of sp³-hybridized carbons (Fsp3) is 0.0426. The fourth-order valence-electron chi connectivity index (χ4n) is 7.14. The van der Waals surface area contributed by atoms with Gasteiger partial charge in [-0.1, -0.05) is 157 Å². The van der Waals surface area contributed by atoms with Gasteiger partial charge in [0.2, 0.25) is 0 Å². The summed E-state index contributed by atoms with van der Waals surface area (Å²) in [6, 6.07) is 60.4. The molecule has 9 rings (SSSR count). The highest BCUT2D eigenvalue weighted by atomic mass is 15.2. The number of hydrogen-bond acceptors (Lipinski definition) is 4. The Morgan fingerprint density at radius 3 is 1.88 bits per heavy atom. The van der Waals surface area contributed by atoms with E-state index in [1.54, 1.807) is 0 Å². The summed E-state index contributed by atoms with van der Waals surface area (Å²) in [6.45, 7) is 0. The van der Waals surface area contributed by atoms with Crippen molar-refractivity contribution in [1.82, 2.24) is 0 Å². The van der Waals surface area contributed by atoms with E-state index in [9.17, 15) is 5.26 Å². The van der Waals surface area contributed by atoms with Crippen molar-refractivity contribution in [3.8, 4) is 17.2 Å². The van der Waals surface area contributed by atoms with E-state index >= 15 is 0 Å². The number of aliphatic imine (C=N–C) groups is 2. The number of benzene rings is 7. The van der Waals surface area contributed by atoms with Gasteiger partial charge in [-0.15, -0.1) is 0 Å². The van der Waals surface area contributed by atoms with Crippen LogP contribution in [-0.2, 0) is 0 Å². The van der Waals surface area contributed by atoms with Crippen molar-refractivity contribution in [1.29, 1.82) is 5.26 Å². The number of nitrogens with zero attached hydrogens (tertiary/aromatic N) is 4. The smallest absolute Gasteiger partial charge is 0.0991 e. The van der Waals surface area contributed by atoms with E-state index in [1.807, 2.05) is 72.8 Å². The molecular weight excluding hydrogens is 635 g/mol. The third kappa shape index (κ3) is 5.83. The molecule has 2 unspecified atom stereocenters. The van der Waals surface area contributed by atoms with E-state index in [4.69, 9.17) is 15.3 Å². The van der Waals surface area contributed by atoms with Crippen LogP contribution in [0.3, 0.4) is 0 Å². The summed E-state index contributed by atoms with van der Waals surface area (Å²) in [7, 11) is 0. The molecule has 0 aliphatic carbocycles. The number of amidine groups is 2. The minimum absolute atomic E-state index is 0.0733. The number of nitriles is 1. The van der Waals surface area contributed by atoms with Crippen LogP contribution >= 0.6 is 0 Å². The molecular formula is C47H32N5-. The molecule has 0 aromatic heterocycles. The van der Waals surface area contributed by atoms with Gasteiger partial charge in [-0.3, -0.25) is 4.99 Å². The van der Waals surface area contributed by atoms with Crippen LogP contribution in [0.4, 0.5) is 5.69 Å². The first-order valence-corrected chi connectivity index (χ1v) is 17.4. The van der Waals surface area contributed by atoms with Crippen LogP contribution in [0.2, 0.25) is 0 Å². The maximum Gasteiger partial charge on any atom is 0.0991 e. The third-order valence-electron chi connectivity index (χ3n) is 9.73. The summed E-state index contributed by atoms with van der Waals surface area (Å²) in [6.07, 6.45) is 1.93. The largest absolute Gasteiger partial charge is 0.438 e. The first-order valence-electron chi connectivity index (χ1n) is 17.4. The van der Waals surface area contributed by atoms with E-state index in [2.05, 4.69) is 115 Å². The molecule has 2 heterocycles. The van der Waals surface area contributed by atoms with Crippen molar-refractivity contribution in [2.45, 2.75) is 12.2 Å².